The van der Waals surface area contributed by atoms with Crippen molar-refractivity contribution in [3.63, 3.8) is 0 Å². The van der Waals surface area contributed by atoms with Crippen molar-refractivity contribution in [3.8, 4) is 0 Å². The molecule has 6 heteroatoms. The Morgan fingerprint density at radius 3 is 2.89 bits per heavy atom. The molecule has 1 fully saturated rings. The molecule has 0 unspecified atom stereocenters. The SMILES string of the molecule is CN(CCC(=O)O)C(=O)c1cnn(CC2CC2)c1. The lowest BCUT2D eigenvalue weighted by molar-refractivity contribution is -0.137. The summed E-state index contributed by atoms with van der Waals surface area (Å²) in [7, 11) is 1.60. The molecule has 2 rings (SSSR count). The van der Waals surface area contributed by atoms with Crippen LogP contribution in [0, 0.1) is 5.92 Å². The highest BCUT2D eigenvalue weighted by Gasteiger charge is 2.22. The molecule has 0 radical (unpaired) electrons. The van der Waals surface area contributed by atoms with Gasteiger partial charge in [-0.05, 0) is 18.8 Å². The Balaban J connectivity index is 1.90. The van der Waals surface area contributed by atoms with Crippen LogP contribution >= 0.6 is 0 Å². The van der Waals surface area contributed by atoms with E-state index < -0.39 is 5.97 Å². The highest BCUT2D eigenvalue weighted by molar-refractivity contribution is 5.93. The molecule has 0 aliphatic heterocycles. The number of hydrogen-bond acceptors (Lipinski definition) is 3. The Bertz CT molecular complexity index is 451. The van der Waals surface area contributed by atoms with Gasteiger partial charge in [0, 0.05) is 26.3 Å². The number of carbonyl (C=O) groups is 2. The Labute approximate surface area is 105 Å². The first kappa shape index (κ1) is 12.6. The predicted octanol–water partition coefficient (Wildman–Crippen LogP) is 0.840. The molecule has 1 N–H and O–H groups in total. The third-order valence-corrected chi connectivity index (χ3v) is 3.03. The summed E-state index contributed by atoms with van der Waals surface area (Å²) in [5.41, 5.74) is 0.517. The molecule has 0 aromatic carbocycles. The molecule has 1 aromatic rings. The van der Waals surface area contributed by atoms with Crippen molar-refractivity contribution >= 4 is 11.9 Å². The van der Waals surface area contributed by atoms with E-state index in [0.29, 0.717) is 11.5 Å². The van der Waals surface area contributed by atoms with Gasteiger partial charge in [0.2, 0.25) is 0 Å². The second-order valence-corrected chi connectivity index (χ2v) is 4.76. The van der Waals surface area contributed by atoms with Crippen molar-refractivity contribution in [1.29, 1.82) is 0 Å². The van der Waals surface area contributed by atoms with Crippen LogP contribution in [0.5, 0.6) is 0 Å². The maximum Gasteiger partial charge on any atom is 0.305 e. The molecular formula is C12H17N3O3. The lowest BCUT2D eigenvalue weighted by Crippen LogP contribution is -2.28. The van der Waals surface area contributed by atoms with Crippen LogP contribution in [0.15, 0.2) is 12.4 Å². The van der Waals surface area contributed by atoms with Gasteiger partial charge in [-0.3, -0.25) is 14.3 Å². The van der Waals surface area contributed by atoms with E-state index in [1.807, 2.05) is 0 Å². The summed E-state index contributed by atoms with van der Waals surface area (Å²) in [5, 5.41) is 12.7. The van der Waals surface area contributed by atoms with E-state index in [1.54, 1.807) is 24.1 Å². The fourth-order valence-electron chi connectivity index (χ4n) is 1.72. The van der Waals surface area contributed by atoms with Crippen LogP contribution in [-0.4, -0.2) is 45.3 Å². The van der Waals surface area contributed by atoms with Gasteiger partial charge in [-0.2, -0.15) is 5.10 Å². The molecule has 0 saturated heterocycles. The van der Waals surface area contributed by atoms with Gasteiger partial charge < -0.3 is 10.0 Å². The fraction of sp³-hybridized carbons (Fsp3) is 0.583. The maximum atomic E-state index is 12.0. The van der Waals surface area contributed by atoms with E-state index >= 15 is 0 Å². The van der Waals surface area contributed by atoms with Crippen LogP contribution in [0.25, 0.3) is 0 Å². The second kappa shape index (κ2) is 5.20. The minimum atomic E-state index is -0.904. The first-order valence-corrected chi connectivity index (χ1v) is 6.06. The third kappa shape index (κ3) is 3.32. The molecule has 1 aromatic heterocycles. The minimum Gasteiger partial charge on any atom is -0.481 e. The molecule has 1 amide bonds. The topological polar surface area (TPSA) is 75.4 Å². The molecule has 0 atom stereocenters. The standard InChI is InChI=1S/C12H17N3O3/c1-14(5-4-11(16)17)12(18)10-6-13-15(8-10)7-9-2-3-9/h6,8-9H,2-5,7H2,1H3,(H,16,17). The van der Waals surface area contributed by atoms with Crippen LogP contribution < -0.4 is 0 Å². The summed E-state index contributed by atoms with van der Waals surface area (Å²) in [5.74, 6) is -0.380. The van der Waals surface area contributed by atoms with E-state index in [2.05, 4.69) is 5.10 Å². The van der Waals surface area contributed by atoms with Gasteiger partial charge in [-0.25, -0.2) is 0 Å². The van der Waals surface area contributed by atoms with Crippen LogP contribution in [-0.2, 0) is 11.3 Å². The molecule has 18 heavy (non-hydrogen) atoms. The predicted molar refractivity (Wildman–Crippen MR) is 64.2 cm³/mol. The van der Waals surface area contributed by atoms with Crippen LogP contribution in [0.1, 0.15) is 29.6 Å². The van der Waals surface area contributed by atoms with Gasteiger partial charge in [0.1, 0.15) is 0 Å². The maximum absolute atomic E-state index is 12.0. The quantitative estimate of drug-likeness (QED) is 0.813. The lowest BCUT2D eigenvalue weighted by atomic mass is 10.3. The normalized spacial score (nSPS) is 14.5. The molecule has 1 saturated carbocycles. The minimum absolute atomic E-state index is 0.0432. The number of carboxylic acids is 1. The molecule has 0 bridgehead atoms. The van der Waals surface area contributed by atoms with E-state index in [4.69, 9.17) is 5.11 Å². The summed E-state index contributed by atoms with van der Waals surface area (Å²) in [6.45, 7) is 1.08. The number of hydrogen-bond donors (Lipinski definition) is 1. The molecule has 0 spiro atoms. The van der Waals surface area contributed by atoms with E-state index in [9.17, 15) is 9.59 Å². The molecule has 6 nitrogen and oxygen atoms in total. The average Bonchev–Trinajstić information content (AvgIpc) is 3.01. The number of rotatable bonds is 6. The van der Waals surface area contributed by atoms with Crippen LogP contribution in [0.2, 0.25) is 0 Å². The smallest absolute Gasteiger partial charge is 0.305 e. The summed E-state index contributed by atoms with van der Waals surface area (Å²) >= 11 is 0. The number of carbonyl (C=O) groups excluding carboxylic acids is 1. The Morgan fingerprint density at radius 1 is 1.56 bits per heavy atom. The number of aromatic nitrogens is 2. The summed E-state index contributed by atoms with van der Waals surface area (Å²) in [6.07, 6.45) is 5.71. The summed E-state index contributed by atoms with van der Waals surface area (Å²) < 4.78 is 1.79. The van der Waals surface area contributed by atoms with Crippen LogP contribution in [0.3, 0.4) is 0 Å². The number of aliphatic carboxylic acids is 1. The van der Waals surface area contributed by atoms with E-state index in [0.717, 1.165) is 6.54 Å². The van der Waals surface area contributed by atoms with Crippen molar-refractivity contribution in [3.05, 3.63) is 18.0 Å². The molecule has 98 valence electrons. The zero-order valence-electron chi connectivity index (χ0n) is 10.4. The van der Waals surface area contributed by atoms with Crippen LogP contribution in [0.4, 0.5) is 0 Å². The first-order valence-electron chi connectivity index (χ1n) is 6.06. The fourth-order valence-corrected chi connectivity index (χ4v) is 1.72. The van der Waals surface area contributed by atoms with Crippen molar-refractivity contribution < 1.29 is 14.7 Å². The Hall–Kier alpha value is -1.85. The molecular weight excluding hydrogens is 234 g/mol. The number of nitrogens with zero attached hydrogens (tertiary/aromatic N) is 3. The first-order chi connectivity index (χ1) is 8.56. The van der Waals surface area contributed by atoms with Gasteiger partial charge >= 0.3 is 5.97 Å². The highest BCUT2D eigenvalue weighted by atomic mass is 16.4. The Kier molecular flexibility index (Phi) is 3.64. The molecule has 1 aliphatic rings. The monoisotopic (exact) mass is 251 g/mol. The van der Waals surface area contributed by atoms with Gasteiger partial charge in [-0.1, -0.05) is 0 Å². The van der Waals surface area contributed by atoms with E-state index in [1.165, 1.54) is 17.7 Å². The van der Waals surface area contributed by atoms with Crippen molar-refractivity contribution in [1.82, 2.24) is 14.7 Å². The zero-order chi connectivity index (χ0) is 13.1. The Morgan fingerprint density at radius 2 is 2.28 bits per heavy atom. The van der Waals surface area contributed by atoms with Crippen molar-refractivity contribution in [2.24, 2.45) is 5.92 Å². The van der Waals surface area contributed by atoms with Gasteiger partial charge in [0.15, 0.2) is 0 Å². The van der Waals surface area contributed by atoms with Crippen molar-refractivity contribution in [2.75, 3.05) is 13.6 Å². The van der Waals surface area contributed by atoms with E-state index in [-0.39, 0.29) is 18.9 Å². The van der Waals surface area contributed by atoms with Gasteiger partial charge in [0.05, 0.1) is 18.2 Å². The lowest BCUT2D eigenvalue weighted by Gasteiger charge is -2.14. The molecule has 1 heterocycles. The van der Waals surface area contributed by atoms with Crippen molar-refractivity contribution in [2.45, 2.75) is 25.8 Å². The average molecular weight is 251 g/mol. The summed E-state index contributed by atoms with van der Waals surface area (Å²) in [6, 6.07) is 0. The highest BCUT2D eigenvalue weighted by Crippen LogP contribution is 2.30. The van der Waals surface area contributed by atoms with Gasteiger partial charge in [-0.15, -0.1) is 0 Å². The van der Waals surface area contributed by atoms with Gasteiger partial charge in [0.25, 0.3) is 5.91 Å². The second-order valence-electron chi connectivity index (χ2n) is 4.76. The third-order valence-electron chi connectivity index (χ3n) is 3.03. The largest absolute Gasteiger partial charge is 0.481 e. The zero-order valence-corrected chi connectivity index (χ0v) is 10.4. The number of carboxylic acid groups (broad SMARTS) is 1. The summed E-state index contributed by atoms with van der Waals surface area (Å²) in [4.78, 5) is 23.8. The molecule has 1 aliphatic carbocycles. The number of amides is 1.